The van der Waals surface area contributed by atoms with Gasteiger partial charge in [0.25, 0.3) is 0 Å². The van der Waals surface area contributed by atoms with Gasteiger partial charge in [0.1, 0.15) is 0 Å². The summed E-state index contributed by atoms with van der Waals surface area (Å²) in [4.78, 5) is 16.4. The molecule has 0 spiro atoms. The highest BCUT2D eigenvalue weighted by Crippen LogP contribution is 2.31. The Bertz CT molecular complexity index is 909. The predicted octanol–water partition coefficient (Wildman–Crippen LogP) is 3.39. The van der Waals surface area contributed by atoms with Gasteiger partial charge in [0.05, 0.1) is 13.7 Å². The molecule has 0 aliphatic rings. The molecule has 1 N–H and O–H groups in total. The lowest BCUT2D eigenvalue weighted by Crippen LogP contribution is -2.22. The van der Waals surface area contributed by atoms with Gasteiger partial charge in [-0.2, -0.15) is 4.98 Å². The Hall–Kier alpha value is -3.35. The second kappa shape index (κ2) is 9.55. The van der Waals surface area contributed by atoms with Crippen LogP contribution < -0.4 is 14.8 Å². The first-order valence-corrected chi connectivity index (χ1v) is 9.14. The highest BCUT2D eigenvalue weighted by Gasteiger charge is 2.13. The van der Waals surface area contributed by atoms with E-state index in [1.807, 2.05) is 49.4 Å². The Balaban J connectivity index is 1.56. The monoisotopic (exact) mass is 381 g/mol. The van der Waals surface area contributed by atoms with Crippen molar-refractivity contribution in [2.75, 3.05) is 13.7 Å². The Morgan fingerprint density at radius 3 is 2.71 bits per heavy atom. The van der Waals surface area contributed by atoms with E-state index in [1.165, 1.54) is 0 Å². The molecule has 2 aromatic carbocycles. The fourth-order valence-electron chi connectivity index (χ4n) is 2.66. The number of aryl methyl sites for hydroxylation is 1. The number of benzene rings is 2. The molecule has 1 aromatic heterocycles. The number of hydrogen-bond donors (Lipinski definition) is 1. The lowest BCUT2D eigenvalue weighted by atomic mass is 10.2. The summed E-state index contributed by atoms with van der Waals surface area (Å²) in [7, 11) is 1.59. The number of aromatic nitrogens is 2. The fourth-order valence-corrected chi connectivity index (χ4v) is 2.66. The average molecular weight is 381 g/mol. The van der Waals surface area contributed by atoms with Crippen LogP contribution in [0.3, 0.4) is 0 Å². The zero-order valence-corrected chi connectivity index (χ0v) is 16.0. The largest absolute Gasteiger partial charge is 0.493 e. The van der Waals surface area contributed by atoms with E-state index in [2.05, 4.69) is 15.5 Å². The van der Waals surface area contributed by atoms with Crippen LogP contribution in [0, 0.1) is 0 Å². The van der Waals surface area contributed by atoms with Crippen molar-refractivity contribution in [1.29, 1.82) is 0 Å². The topological polar surface area (TPSA) is 86.5 Å². The molecular formula is C21H23N3O4. The SMILES string of the molecule is CCOc1cc(-c2noc(CCC(=O)NCc3ccccc3)n2)ccc1OC. The minimum absolute atomic E-state index is 0.0633. The lowest BCUT2D eigenvalue weighted by Gasteiger charge is -2.09. The van der Waals surface area contributed by atoms with Crippen LogP contribution in [0.1, 0.15) is 24.8 Å². The average Bonchev–Trinajstić information content (AvgIpc) is 3.21. The van der Waals surface area contributed by atoms with Gasteiger partial charge in [-0.25, -0.2) is 0 Å². The molecule has 0 unspecified atom stereocenters. The molecule has 0 saturated heterocycles. The molecule has 0 aliphatic carbocycles. The number of rotatable bonds is 9. The van der Waals surface area contributed by atoms with E-state index < -0.39 is 0 Å². The Kier molecular flexibility index (Phi) is 6.62. The van der Waals surface area contributed by atoms with Gasteiger partial charge >= 0.3 is 0 Å². The maximum atomic E-state index is 12.0. The van der Waals surface area contributed by atoms with Crippen molar-refractivity contribution in [1.82, 2.24) is 15.5 Å². The molecule has 28 heavy (non-hydrogen) atoms. The molecule has 146 valence electrons. The summed E-state index contributed by atoms with van der Waals surface area (Å²) >= 11 is 0. The molecule has 0 saturated carbocycles. The normalized spacial score (nSPS) is 10.5. The van der Waals surface area contributed by atoms with E-state index in [1.54, 1.807) is 13.2 Å². The van der Waals surface area contributed by atoms with Crippen LogP contribution in [-0.4, -0.2) is 29.8 Å². The molecule has 3 rings (SSSR count). The number of carbonyl (C=O) groups excluding carboxylic acids is 1. The number of carbonyl (C=O) groups is 1. The third-order valence-electron chi connectivity index (χ3n) is 4.09. The number of amides is 1. The molecule has 0 fully saturated rings. The predicted molar refractivity (Wildman–Crippen MR) is 104 cm³/mol. The quantitative estimate of drug-likeness (QED) is 0.611. The first-order chi connectivity index (χ1) is 13.7. The van der Waals surface area contributed by atoms with Crippen molar-refractivity contribution in [2.45, 2.75) is 26.3 Å². The minimum Gasteiger partial charge on any atom is -0.493 e. The van der Waals surface area contributed by atoms with Crippen molar-refractivity contribution in [3.05, 3.63) is 60.0 Å². The summed E-state index contributed by atoms with van der Waals surface area (Å²) in [5.41, 5.74) is 1.81. The van der Waals surface area contributed by atoms with Crippen LogP contribution in [0.15, 0.2) is 53.1 Å². The lowest BCUT2D eigenvalue weighted by molar-refractivity contribution is -0.121. The number of methoxy groups -OCH3 is 1. The van der Waals surface area contributed by atoms with Crippen LogP contribution in [0.5, 0.6) is 11.5 Å². The third kappa shape index (κ3) is 5.09. The smallest absolute Gasteiger partial charge is 0.227 e. The summed E-state index contributed by atoms with van der Waals surface area (Å²) in [6, 6.07) is 15.2. The standard InChI is InChI=1S/C21H23N3O4/c1-3-27-18-13-16(9-10-17(18)26-2)21-23-20(28-24-21)12-11-19(25)22-14-15-7-5-4-6-8-15/h4-10,13H,3,11-12,14H2,1-2H3,(H,22,25). The molecule has 0 atom stereocenters. The van der Waals surface area contributed by atoms with Gasteiger partial charge in [-0.05, 0) is 30.7 Å². The first-order valence-electron chi connectivity index (χ1n) is 9.14. The summed E-state index contributed by atoms with van der Waals surface area (Å²) in [6.45, 7) is 2.93. The van der Waals surface area contributed by atoms with E-state index in [-0.39, 0.29) is 12.3 Å². The van der Waals surface area contributed by atoms with Crippen molar-refractivity contribution in [2.24, 2.45) is 0 Å². The second-order valence-electron chi connectivity index (χ2n) is 6.07. The minimum atomic E-state index is -0.0633. The molecule has 3 aromatic rings. The Morgan fingerprint density at radius 1 is 1.14 bits per heavy atom. The van der Waals surface area contributed by atoms with Gasteiger partial charge in [-0.15, -0.1) is 0 Å². The second-order valence-corrected chi connectivity index (χ2v) is 6.07. The molecule has 1 amide bonds. The molecule has 7 heteroatoms. The summed E-state index contributed by atoms with van der Waals surface area (Å²) in [6.07, 6.45) is 0.656. The van der Waals surface area contributed by atoms with Crippen molar-refractivity contribution in [3.8, 4) is 22.9 Å². The molecule has 0 aliphatic heterocycles. The van der Waals surface area contributed by atoms with Crippen molar-refractivity contribution in [3.63, 3.8) is 0 Å². The van der Waals surface area contributed by atoms with E-state index in [0.29, 0.717) is 42.8 Å². The maximum Gasteiger partial charge on any atom is 0.227 e. The number of nitrogens with zero attached hydrogens (tertiary/aromatic N) is 2. The van der Waals surface area contributed by atoms with Crippen LogP contribution >= 0.6 is 0 Å². The van der Waals surface area contributed by atoms with E-state index in [9.17, 15) is 4.79 Å². The van der Waals surface area contributed by atoms with Crippen LogP contribution in [-0.2, 0) is 17.8 Å². The Morgan fingerprint density at radius 2 is 1.96 bits per heavy atom. The fraction of sp³-hybridized carbons (Fsp3) is 0.286. The van der Waals surface area contributed by atoms with Gasteiger partial charge in [0.2, 0.25) is 17.6 Å². The number of ether oxygens (including phenoxy) is 2. The molecule has 1 heterocycles. The van der Waals surface area contributed by atoms with Crippen LogP contribution in [0.2, 0.25) is 0 Å². The first kappa shape index (κ1) is 19.4. The van der Waals surface area contributed by atoms with Gasteiger partial charge < -0.3 is 19.3 Å². The van der Waals surface area contributed by atoms with Crippen molar-refractivity contribution < 1.29 is 18.8 Å². The van der Waals surface area contributed by atoms with Gasteiger partial charge in [-0.3, -0.25) is 4.79 Å². The van der Waals surface area contributed by atoms with E-state index in [4.69, 9.17) is 14.0 Å². The maximum absolute atomic E-state index is 12.0. The Labute approximate surface area is 163 Å². The van der Waals surface area contributed by atoms with Gasteiger partial charge in [0, 0.05) is 24.9 Å². The van der Waals surface area contributed by atoms with Crippen molar-refractivity contribution >= 4 is 5.91 Å². The highest BCUT2D eigenvalue weighted by molar-refractivity contribution is 5.76. The number of nitrogens with one attached hydrogen (secondary N) is 1. The van der Waals surface area contributed by atoms with E-state index in [0.717, 1.165) is 11.1 Å². The van der Waals surface area contributed by atoms with Gasteiger partial charge in [-0.1, -0.05) is 35.5 Å². The zero-order chi connectivity index (χ0) is 19.8. The highest BCUT2D eigenvalue weighted by atomic mass is 16.5. The number of hydrogen-bond acceptors (Lipinski definition) is 6. The molecule has 0 bridgehead atoms. The van der Waals surface area contributed by atoms with E-state index >= 15 is 0 Å². The van der Waals surface area contributed by atoms with Gasteiger partial charge in [0.15, 0.2) is 11.5 Å². The molecular weight excluding hydrogens is 358 g/mol. The summed E-state index contributed by atoms with van der Waals surface area (Å²) in [5.74, 6) is 2.06. The van der Waals surface area contributed by atoms with Crippen LogP contribution in [0.25, 0.3) is 11.4 Å². The third-order valence-corrected chi connectivity index (χ3v) is 4.09. The summed E-state index contributed by atoms with van der Waals surface area (Å²) < 4.78 is 16.1. The summed E-state index contributed by atoms with van der Waals surface area (Å²) in [5, 5.41) is 6.88. The molecule has 7 nitrogen and oxygen atoms in total. The van der Waals surface area contributed by atoms with Crippen LogP contribution in [0.4, 0.5) is 0 Å². The molecule has 0 radical (unpaired) electrons. The zero-order valence-electron chi connectivity index (χ0n) is 16.0.